The third-order valence-electron chi connectivity index (χ3n) is 8.68. The summed E-state index contributed by atoms with van der Waals surface area (Å²) >= 11 is 1.54. The molecule has 9 nitrogen and oxygen atoms in total. The van der Waals surface area contributed by atoms with Gasteiger partial charge in [-0.1, -0.05) is 12.1 Å². The molecule has 1 radical (unpaired) electrons. The van der Waals surface area contributed by atoms with Gasteiger partial charge in [0.05, 0.1) is 42.9 Å². The number of aliphatic imine (C=N–C) groups is 1. The van der Waals surface area contributed by atoms with Crippen molar-refractivity contribution in [3.8, 4) is 5.75 Å². The molecule has 2 aromatic carbocycles. The molecule has 0 unspecified atom stereocenters. The molecule has 4 aromatic rings. The Balaban J connectivity index is 1.30. The van der Waals surface area contributed by atoms with Crippen molar-refractivity contribution in [3.63, 3.8) is 0 Å². The molecule has 7 rings (SSSR count). The molecular formula is C32H35N6O3S. The Kier molecular flexibility index (Phi) is 7.13. The van der Waals surface area contributed by atoms with Crippen LogP contribution in [0.1, 0.15) is 30.4 Å². The van der Waals surface area contributed by atoms with E-state index >= 15 is 0 Å². The number of hydrogen-bond donors (Lipinski definition) is 2. The molecule has 2 fully saturated rings. The molecule has 10 heteroatoms. The summed E-state index contributed by atoms with van der Waals surface area (Å²) in [5, 5.41) is 22.2. The van der Waals surface area contributed by atoms with E-state index in [1.165, 1.54) is 0 Å². The molecular weight excluding hydrogens is 548 g/mol. The van der Waals surface area contributed by atoms with E-state index in [9.17, 15) is 9.90 Å². The van der Waals surface area contributed by atoms with Crippen molar-refractivity contribution < 1.29 is 9.84 Å². The molecule has 42 heavy (non-hydrogen) atoms. The van der Waals surface area contributed by atoms with Gasteiger partial charge in [0.1, 0.15) is 16.1 Å². The molecule has 0 spiro atoms. The molecule has 1 saturated heterocycles. The number of aliphatic hydroxyl groups excluding tert-OH is 1. The summed E-state index contributed by atoms with van der Waals surface area (Å²) in [6.07, 6.45) is 2.08. The second-order valence-electron chi connectivity index (χ2n) is 11.4. The number of rotatable bonds is 7. The Morgan fingerprint density at radius 1 is 1.05 bits per heavy atom. The largest absolute Gasteiger partial charge is 0.497 e. The number of pyridine rings is 1. The van der Waals surface area contributed by atoms with Gasteiger partial charge < -0.3 is 25.0 Å². The summed E-state index contributed by atoms with van der Waals surface area (Å²) in [5.74, 6) is 1.19. The zero-order valence-corrected chi connectivity index (χ0v) is 24.7. The molecule has 2 aliphatic heterocycles. The summed E-state index contributed by atoms with van der Waals surface area (Å²) in [7, 11) is 3.79. The maximum absolute atomic E-state index is 14.5. The fourth-order valence-corrected chi connectivity index (χ4v) is 7.11. The Labute approximate surface area is 249 Å². The smallest absolute Gasteiger partial charge is 0.265 e. The Hall–Kier alpha value is -3.86. The number of likely N-dealkylation sites (N-methyl/N-ethyl adjacent to an activating group) is 1. The van der Waals surface area contributed by atoms with E-state index in [0.717, 1.165) is 84.0 Å². The lowest BCUT2D eigenvalue weighted by molar-refractivity contribution is 0.172. The highest BCUT2D eigenvalue weighted by Crippen LogP contribution is 2.39. The van der Waals surface area contributed by atoms with Crippen LogP contribution in [-0.4, -0.2) is 72.9 Å². The van der Waals surface area contributed by atoms with Crippen LogP contribution in [0.15, 0.2) is 63.7 Å². The van der Waals surface area contributed by atoms with Crippen LogP contribution in [0.5, 0.6) is 5.75 Å². The van der Waals surface area contributed by atoms with Crippen LogP contribution in [-0.2, 0) is 6.54 Å². The third kappa shape index (κ3) is 4.93. The predicted molar refractivity (Wildman–Crippen MR) is 170 cm³/mol. The Morgan fingerprint density at radius 3 is 2.60 bits per heavy atom. The Bertz CT molecular complexity index is 1700. The maximum Gasteiger partial charge on any atom is 0.265 e. The molecule has 2 atom stereocenters. The molecule has 3 aliphatic rings. The number of benzene rings is 2. The lowest BCUT2D eigenvalue weighted by Crippen LogP contribution is -2.44. The fraction of sp³-hybridized carbons (Fsp3) is 0.375. The van der Waals surface area contributed by atoms with Crippen LogP contribution in [0.4, 0.5) is 22.7 Å². The molecule has 1 saturated carbocycles. The minimum absolute atomic E-state index is 0.128. The van der Waals surface area contributed by atoms with Crippen LogP contribution in [0.2, 0.25) is 0 Å². The van der Waals surface area contributed by atoms with Crippen molar-refractivity contribution in [1.82, 2.24) is 14.8 Å². The topological polar surface area (TPSA) is 96.4 Å². The highest BCUT2D eigenvalue weighted by atomic mass is 32.1. The summed E-state index contributed by atoms with van der Waals surface area (Å²) in [5.41, 5.74) is 4.68. The van der Waals surface area contributed by atoms with E-state index in [2.05, 4.69) is 34.3 Å². The van der Waals surface area contributed by atoms with Gasteiger partial charge in [-0.2, -0.15) is 0 Å². The highest BCUT2D eigenvalue weighted by Gasteiger charge is 2.31. The van der Waals surface area contributed by atoms with Crippen LogP contribution in [0.25, 0.3) is 10.2 Å². The molecule has 4 heterocycles. The Morgan fingerprint density at radius 2 is 1.86 bits per heavy atom. The summed E-state index contributed by atoms with van der Waals surface area (Å²) in [6.45, 7) is 4.38. The van der Waals surface area contributed by atoms with Gasteiger partial charge in [0.15, 0.2) is 5.84 Å². The number of nitrogens with one attached hydrogen (secondary N) is 1. The highest BCUT2D eigenvalue weighted by molar-refractivity contribution is 7.16. The van der Waals surface area contributed by atoms with Crippen LogP contribution in [0, 0.1) is 0 Å². The first-order chi connectivity index (χ1) is 20.5. The van der Waals surface area contributed by atoms with Crippen molar-refractivity contribution in [2.24, 2.45) is 4.99 Å². The molecule has 2 aromatic heterocycles. The first kappa shape index (κ1) is 27.0. The van der Waals surface area contributed by atoms with Gasteiger partial charge in [-0.3, -0.25) is 9.36 Å². The van der Waals surface area contributed by atoms with Gasteiger partial charge in [-0.05, 0) is 73.7 Å². The number of aliphatic hydroxyl groups is 1. The van der Waals surface area contributed by atoms with Crippen LogP contribution < -0.4 is 25.8 Å². The SMILES string of the molecule is COc1ccc(Cn2c(=O)c(C3=Nc4ccc(N5CCN(C)CC5)cc4[N]3)c(N[C@@H]3CCC[C@H]3O)c3ccsc32)cc1. The van der Waals surface area contributed by atoms with E-state index < -0.39 is 6.10 Å². The van der Waals surface area contributed by atoms with Gasteiger partial charge in [0.25, 0.3) is 5.56 Å². The predicted octanol–water partition coefficient (Wildman–Crippen LogP) is 4.52. The summed E-state index contributed by atoms with van der Waals surface area (Å²) < 4.78 is 7.15. The van der Waals surface area contributed by atoms with Gasteiger partial charge in [-0.25, -0.2) is 10.3 Å². The number of anilines is 2. The van der Waals surface area contributed by atoms with Crippen molar-refractivity contribution in [1.29, 1.82) is 0 Å². The van der Waals surface area contributed by atoms with Crippen molar-refractivity contribution in [3.05, 3.63) is 75.4 Å². The molecule has 217 valence electrons. The second-order valence-corrected chi connectivity index (χ2v) is 12.3. The van der Waals surface area contributed by atoms with Crippen molar-refractivity contribution in [2.75, 3.05) is 50.6 Å². The standard InChI is InChI=1S/C32H35N6O3S/c1-36-13-15-37(16-14-36)21-8-11-24-26(18-21)35-30(34-24)28-29(33-25-4-3-5-27(25)39)23-12-17-42-32(23)38(31(28)40)19-20-6-9-22(41-2)10-7-20/h6-12,17-18,25,27,33,39H,3-5,13-16,19H2,1-2H3/t25-,27-/m1/s1. The van der Waals surface area contributed by atoms with E-state index in [1.54, 1.807) is 18.4 Å². The lowest BCUT2D eigenvalue weighted by Gasteiger charge is -2.34. The average Bonchev–Trinajstić information content (AvgIpc) is 3.75. The molecule has 0 bridgehead atoms. The van der Waals surface area contributed by atoms with E-state index in [-0.39, 0.29) is 11.6 Å². The second kappa shape index (κ2) is 11.1. The summed E-state index contributed by atoms with van der Waals surface area (Å²) in [4.78, 5) is 24.9. The van der Waals surface area contributed by atoms with Gasteiger partial charge in [-0.15, -0.1) is 11.3 Å². The number of fused-ring (bicyclic) bond motifs is 2. The first-order valence-corrected chi connectivity index (χ1v) is 15.5. The number of thiophene rings is 1. The first-order valence-electron chi connectivity index (χ1n) is 14.6. The third-order valence-corrected chi connectivity index (χ3v) is 9.62. The van der Waals surface area contributed by atoms with Gasteiger partial charge in [0.2, 0.25) is 0 Å². The summed E-state index contributed by atoms with van der Waals surface area (Å²) in [6, 6.07) is 15.9. The maximum atomic E-state index is 14.5. The number of nitrogens with zero attached hydrogens (tertiary/aromatic N) is 5. The number of piperazine rings is 1. The zero-order valence-electron chi connectivity index (χ0n) is 23.9. The quantitative estimate of drug-likeness (QED) is 0.332. The fourth-order valence-electron chi connectivity index (χ4n) is 6.20. The lowest BCUT2D eigenvalue weighted by atomic mass is 10.1. The normalized spacial score (nSPS) is 20.5. The van der Waals surface area contributed by atoms with E-state index in [0.29, 0.717) is 23.6 Å². The molecule has 1 aliphatic carbocycles. The van der Waals surface area contributed by atoms with Crippen molar-refractivity contribution >= 4 is 50.1 Å². The number of ether oxygens (including phenoxy) is 1. The van der Waals surface area contributed by atoms with Crippen LogP contribution in [0.3, 0.4) is 0 Å². The average molecular weight is 584 g/mol. The monoisotopic (exact) mass is 583 g/mol. The van der Waals surface area contributed by atoms with Crippen LogP contribution >= 0.6 is 11.3 Å². The minimum atomic E-state index is -0.459. The number of hydrogen-bond acceptors (Lipinski definition) is 8. The number of aromatic nitrogens is 1. The van der Waals surface area contributed by atoms with E-state index in [1.807, 2.05) is 46.3 Å². The van der Waals surface area contributed by atoms with Gasteiger partial charge >= 0.3 is 0 Å². The van der Waals surface area contributed by atoms with Gasteiger partial charge in [0, 0.05) is 37.3 Å². The molecule has 0 amide bonds. The molecule has 2 N–H and O–H groups in total. The van der Waals surface area contributed by atoms with E-state index in [4.69, 9.17) is 15.0 Å². The van der Waals surface area contributed by atoms with Crippen molar-refractivity contribution in [2.45, 2.75) is 38.0 Å². The number of amidine groups is 1. The number of methoxy groups -OCH3 is 1. The minimum Gasteiger partial charge on any atom is -0.497 e. The zero-order chi connectivity index (χ0) is 28.8.